The Morgan fingerprint density at radius 2 is 1.81 bits per heavy atom. The summed E-state index contributed by atoms with van der Waals surface area (Å²) in [7, 11) is -1.16. The van der Waals surface area contributed by atoms with Gasteiger partial charge >= 0.3 is 0 Å². The molecule has 0 unspecified atom stereocenters. The smallest absolute Gasteiger partial charge is 0.151 e. The lowest BCUT2D eigenvalue weighted by Gasteiger charge is -2.28. The van der Waals surface area contributed by atoms with Crippen LogP contribution in [-0.4, -0.2) is 72.9 Å². The molecule has 0 atom stereocenters. The lowest BCUT2D eigenvalue weighted by molar-refractivity contribution is 0.122. The van der Waals surface area contributed by atoms with Crippen molar-refractivity contribution in [2.24, 2.45) is 0 Å². The third-order valence-electron chi connectivity index (χ3n) is 7.77. The van der Waals surface area contributed by atoms with Crippen LogP contribution < -0.4 is 15.5 Å². The molecule has 12 heteroatoms. The monoisotopic (exact) mass is 604 g/mol. The molecule has 2 fully saturated rings. The van der Waals surface area contributed by atoms with Crippen LogP contribution in [0.3, 0.4) is 0 Å². The second kappa shape index (κ2) is 13.0. The van der Waals surface area contributed by atoms with E-state index >= 15 is 0 Å². The van der Waals surface area contributed by atoms with Crippen molar-refractivity contribution in [3.05, 3.63) is 41.8 Å². The Kier molecular flexibility index (Phi) is 8.94. The van der Waals surface area contributed by atoms with Crippen molar-refractivity contribution < 1.29 is 9.47 Å². The van der Waals surface area contributed by atoms with Gasteiger partial charge in [-0.05, 0) is 37.1 Å². The van der Waals surface area contributed by atoms with E-state index in [9.17, 15) is 0 Å². The normalized spacial score (nSPS) is 16.3. The van der Waals surface area contributed by atoms with E-state index in [4.69, 9.17) is 19.4 Å². The number of hydrogen-bond acceptors (Lipinski definition) is 11. The molecule has 2 N–H and O–H groups in total. The van der Waals surface area contributed by atoms with Gasteiger partial charge in [0.2, 0.25) is 0 Å². The average molecular weight is 605 g/mol. The average Bonchev–Trinajstić information content (AvgIpc) is 3.70. The largest absolute Gasteiger partial charge is 0.378 e. The van der Waals surface area contributed by atoms with Gasteiger partial charge in [0.1, 0.15) is 17.6 Å². The highest BCUT2D eigenvalue weighted by Gasteiger charge is 2.23. The summed E-state index contributed by atoms with van der Waals surface area (Å²) in [4.78, 5) is 16.5. The van der Waals surface area contributed by atoms with Gasteiger partial charge in [-0.15, -0.1) is 10.2 Å². The van der Waals surface area contributed by atoms with Gasteiger partial charge in [0, 0.05) is 33.7 Å². The maximum absolute atomic E-state index is 5.97. The van der Waals surface area contributed by atoms with Crippen molar-refractivity contribution in [2.45, 2.75) is 57.3 Å². The van der Waals surface area contributed by atoms with Crippen LogP contribution in [0.2, 0.25) is 25.7 Å². The van der Waals surface area contributed by atoms with Gasteiger partial charge in [0.15, 0.2) is 5.01 Å². The first-order valence-corrected chi connectivity index (χ1v) is 19.4. The lowest BCUT2D eigenvalue weighted by atomic mass is 10.1. The molecule has 42 heavy (non-hydrogen) atoms. The van der Waals surface area contributed by atoms with E-state index in [0.717, 1.165) is 88.4 Å². The predicted octanol–water partition coefficient (Wildman–Crippen LogP) is 6.51. The van der Waals surface area contributed by atoms with E-state index in [1.54, 1.807) is 11.3 Å². The summed E-state index contributed by atoms with van der Waals surface area (Å²) in [5, 5.41) is 18.0. The molecule has 4 aromatic heterocycles. The van der Waals surface area contributed by atoms with Gasteiger partial charge in [0.05, 0.1) is 65.5 Å². The van der Waals surface area contributed by atoms with Crippen LogP contribution in [-0.2, 0) is 9.47 Å². The van der Waals surface area contributed by atoms with E-state index in [1.165, 1.54) is 25.7 Å². The molecular formula is C30H40N8O2SSi. The van der Waals surface area contributed by atoms with Crippen molar-refractivity contribution in [3.63, 3.8) is 0 Å². The van der Waals surface area contributed by atoms with Gasteiger partial charge in [-0.2, -0.15) is 0 Å². The zero-order valence-corrected chi connectivity index (χ0v) is 26.5. The number of fused-ring (bicyclic) bond motifs is 1. The summed E-state index contributed by atoms with van der Waals surface area (Å²) in [5.74, 6) is 1.26. The Hall–Kier alpha value is -3.19. The maximum Gasteiger partial charge on any atom is 0.151 e. The molecule has 1 aliphatic heterocycles. The molecular weight excluding hydrogens is 565 g/mol. The molecule has 0 aromatic carbocycles. The SMILES string of the molecule is C[Si](C)(C)CCOCNc1nc2cc(Nc3cncc(N4CCOCC4)c3)cnc2cc1-c1nnc(C2CCCC2)s1. The van der Waals surface area contributed by atoms with Crippen molar-refractivity contribution >= 4 is 53.3 Å². The summed E-state index contributed by atoms with van der Waals surface area (Å²) in [6.45, 7) is 11.4. The maximum atomic E-state index is 5.97. The first kappa shape index (κ1) is 28.9. The molecule has 1 aliphatic carbocycles. The fourth-order valence-electron chi connectivity index (χ4n) is 5.32. The molecule has 222 valence electrons. The van der Waals surface area contributed by atoms with Gasteiger partial charge in [0.25, 0.3) is 0 Å². The van der Waals surface area contributed by atoms with E-state index in [2.05, 4.69) is 62.5 Å². The first-order valence-electron chi connectivity index (χ1n) is 14.9. The third-order valence-corrected chi connectivity index (χ3v) is 10.6. The third kappa shape index (κ3) is 7.23. The number of aromatic nitrogens is 5. The molecule has 2 aliphatic rings. The second-order valence-corrected chi connectivity index (χ2v) is 18.9. The minimum atomic E-state index is -1.16. The fraction of sp³-hybridized carbons (Fsp3) is 0.500. The topological polar surface area (TPSA) is 110 Å². The molecule has 6 rings (SSSR count). The number of hydrogen-bond donors (Lipinski definition) is 2. The molecule has 1 saturated heterocycles. The molecule has 4 aromatic rings. The summed E-state index contributed by atoms with van der Waals surface area (Å²) in [6, 6.07) is 7.32. The summed E-state index contributed by atoms with van der Waals surface area (Å²) in [6.07, 6.45) is 10.5. The molecule has 0 bridgehead atoms. The molecule has 1 saturated carbocycles. The van der Waals surface area contributed by atoms with Crippen LogP contribution in [0.1, 0.15) is 36.6 Å². The highest BCUT2D eigenvalue weighted by Crippen LogP contribution is 2.39. The first-order chi connectivity index (χ1) is 20.4. The van der Waals surface area contributed by atoms with E-state index in [-0.39, 0.29) is 0 Å². The Labute approximate surface area is 252 Å². The number of rotatable bonds is 11. The zero-order chi connectivity index (χ0) is 28.9. The predicted molar refractivity (Wildman–Crippen MR) is 173 cm³/mol. The van der Waals surface area contributed by atoms with Gasteiger partial charge in [-0.3, -0.25) is 9.97 Å². The summed E-state index contributed by atoms with van der Waals surface area (Å²) < 4.78 is 11.5. The van der Waals surface area contributed by atoms with Crippen LogP contribution in [0.15, 0.2) is 36.8 Å². The Bertz CT molecular complexity index is 1500. The van der Waals surface area contributed by atoms with Crippen molar-refractivity contribution in [2.75, 3.05) is 55.2 Å². The lowest BCUT2D eigenvalue weighted by Crippen LogP contribution is -2.36. The van der Waals surface area contributed by atoms with Crippen LogP contribution in [0.5, 0.6) is 0 Å². The van der Waals surface area contributed by atoms with Gasteiger partial charge in [-0.1, -0.05) is 43.8 Å². The highest BCUT2D eigenvalue weighted by atomic mass is 32.1. The number of nitrogens with one attached hydrogen (secondary N) is 2. The van der Waals surface area contributed by atoms with Crippen LogP contribution >= 0.6 is 11.3 Å². The van der Waals surface area contributed by atoms with E-state index < -0.39 is 8.07 Å². The minimum absolute atomic E-state index is 0.385. The zero-order valence-electron chi connectivity index (χ0n) is 24.7. The molecule has 10 nitrogen and oxygen atoms in total. The van der Waals surface area contributed by atoms with Crippen molar-refractivity contribution in [1.82, 2.24) is 25.1 Å². The van der Waals surface area contributed by atoms with Gasteiger partial charge in [-0.25, -0.2) is 4.98 Å². The number of anilines is 4. The Balaban J connectivity index is 1.24. The molecule has 0 amide bonds. The van der Waals surface area contributed by atoms with Crippen LogP contribution in [0.25, 0.3) is 21.6 Å². The van der Waals surface area contributed by atoms with E-state index in [1.807, 2.05) is 24.7 Å². The molecule has 5 heterocycles. The number of morpholine rings is 1. The minimum Gasteiger partial charge on any atom is -0.378 e. The Morgan fingerprint density at radius 3 is 2.62 bits per heavy atom. The Morgan fingerprint density at radius 1 is 1.00 bits per heavy atom. The molecule has 0 spiro atoms. The standard InChI is InChI=1S/C30H40N8O2SSi/c1-42(2,3)13-12-40-20-33-28-25(30-37-36-29(41-30)21-6-4-5-7-21)16-26-27(35-28)15-23(18-32-26)34-22-14-24(19-31-17-22)38-8-10-39-11-9-38/h14-19,21,34H,4-13,20H2,1-3H3,(H,33,35). The van der Waals surface area contributed by atoms with Gasteiger partial charge < -0.3 is 25.0 Å². The number of nitrogens with zero attached hydrogens (tertiary/aromatic N) is 6. The number of ether oxygens (including phenoxy) is 2. The highest BCUT2D eigenvalue weighted by molar-refractivity contribution is 7.14. The number of pyridine rings is 3. The van der Waals surface area contributed by atoms with Crippen LogP contribution in [0, 0.1) is 0 Å². The van der Waals surface area contributed by atoms with Crippen molar-refractivity contribution in [1.29, 1.82) is 0 Å². The quantitative estimate of drug-likeness (QED) is 0.112. The molecule has 0 radical (unpaired) electrons. The second-order valence-electron chi connectivity index (χ2n) is 12.3. The van der Waals surface area contributed by atoms with Crippen LogP contribution in [0.4, 0.5) is 22.9 Å². The summed E-state index contributed by atoms with van der Waals surface area (Å²) in [5.41, 5.74) is 5.33. The summed E-state index contributed by atoms with van der Waals surface area (Å²) >= 11 is 1.67. The van der Waals surface area contributed by atoms with E-state index in [0.29, 0.717) is 12.6 Å². The van der Waals surface area contributed by atoms with Crippen molar-refractivity contribution in [3.8, 4) is 10.6 Å². The fourth-order valence-corrected chi connectivity index (χ4v) is 7.11.